The minimum absolute atomic E-state index is 0. The van der Waals surface area contributed by atoms with E-state index in [1.807, 2.05) is 34.7 Å². The smallest absolute Gasteiger partial charge is 0.288 e. The number of nitrogens with one attached hydrogen (secondary N) is 1. The van der Waals surface area contributed by atoms with Crippen LogP contribution in [0.5, 0.6) is 5.75 Å². The number of ether oxygens (including phenoxy) is 2. The van der Waals surface area contributed by atoms with Crippen LogP contribution in [-0.4, -0.2) is 49.2 Å². The third-order valence-electron chi connectivity index (χ3n) is 4.93. The lowest BCUT2D eigenvalue weighted by Gasteiger charge is -2.25. The van der Waals surface area contributed by atoms with E-state index in [0.29, 0.717) is 32.8 Å². The number of rotatable bonds is 3. The number of amides is 1. The van der Waals surface area contributed by atoms with Gasteiger partial charge in [0.1, 0.15) is 11.3 Å². The molecule has 0 unspecified atom stereocenters. The molecule has 1 fully saturated rings. The predicted octanol–water partition coefficient (Wildman–Crippen LogP) is -1.21. The molecular weight excluding hydrogens is 354 g/mol. The molecule has 1 aromatic carbocycles. The largest absolute Gasteiger partial charge is 1.00 e. The maximum atomic E-state index is 12.5. The number of methoxy groups -OCH3 is 1. The van der Waals surface area contributed by atoms with Gasteiger partial charge in [-0.1, -0.05) is 0 Å². The zero-order chi connectivity index (χ0) is 17.4. The van der Waals surface area contributed by atoms with Gasteiger partial charge in [-0.2, -0.15) is 4.57 Å². The van der Waals surface area contributed by atoms with Crippen molar-refractivity contribution in [3.8, 4) is 5.75 Å². The van der Waals surface area contributed by atoms with Crippen LogP contribution in [0.25, 0.3) is 21.8 Å². The van der Waals surface area contributed by atoms with Crippen molar-refractivity contribution in [1.29, 1.82) is 0 Å². The van der Waals surface area contributed by atoms with Gasteiger partial charge in [0.05, 0.1) is 25.8 Å². The maximum Gasteiger partial charge on any atom is 0.288 e. The van der Waals surface area contributed by atoms with Crippen LogP contribution in [0.1, 0.15) is 5.69 Å². The quantitative estimate of drug-likeness (QED) is 0.584. The summed E-state index contributed by atoms with van der Waals surface area (Å²) in [5.41, 5.74) is 3.14. The Morgan fingerprint density at radius 1 is 1.27 bits per heavy atom. The maximum absolute atomic E-state index is 12.5. The minimum Gasteiger partial charge on any atom is -1.00 e. The molecule has 0 radical (unpaired) electrons. The summed E-state index contributed by atoms with van der Waals surface area (Å²) in [4.78, 5) is 17.9. The van der Waals surface area contributed by atoms with Gasteiger partial charge in [0.25, 0.3) is 5.91 Å². The van der Waals surface area contributed by atoms with E-state index < -0.39 is 0 Å². The van der Waals surface area contributed by atoms with Gasteiger partial charge in [-0.25, -0.2) is 0 Å². The van der Waals surface area contributed by atoms with Crippen LogP contribution < -0.4 is 21.7 Å². The molecule has 0 spiro atoms. The van der Waals surface area contributed by atoms with Crippen LogP contribution >= 0.6 is 0 Å². The summed E-state index contributed by atoms with van der Waals surface area (Å²) in [6, 6.07) is 8.10. The summed E-state index contributed by atoms with van der Waals surface area (Å²) in [6.45, 7) is 4.98. The van der Waals surface area contributed by atoms with Gasteiger partial charge in [-0.3, -0.25) is 4.79 Å². The summed E-state index contributed by atoms with van der Waals surface area (Å²) < 4.78 is 12.6. The van der Waals surface area contributed by atoms with E-state index in [1.54, 1.807) is 7.11 Å². The third-order valence-corrected chi connectivity index (χ3v) is 4.93. The number of aryl methyl sites for hydroxylation is 1. The minimum atomic E-state index is 0. The van der Waals surface area contributed by atoms with Crippen molar-refractivity contribution < 1.29 is 31.2 Å². The zero-order valence-electron chi connectivity index (χ0n) is 14.9. The first-order valence-electron chi connectivity index (χ1n) is 8.51. The molecule has 0 bridgehead atoms. The molecule has 4 rings (SSSR count). The van der Waals surface area contributed by atoms with Crippen LogP contribution in [0, 0.1) is 6.92 Å². The number of aromatic amines is 1. The standard InChI is InChI=1S/C19H21N3O3.ClH/c1-13-19-16(15-4-3-14(24-2)11-17(15)20-19)5-6-22(13)12-18(23)21-7-9-25-10-8-21;/h3-6,11H,7-10,12H2,1-2H3;1H. The highest BCUT2D eigenvalue weighted by atomic mass is 35.5. The van der Waals surface area contributed by atoms with Gasteiger partial charge < -0.3 is 31.8 Å². The van der Waals surface area contributed by atoms with Crippen molar-refractivity contribution in [2.75, 3.05) is 33.4 Å². The fourth-order valence-electron chi connectivity index (χ4n) is 3.43. The molecule has 6 nitrogen and oxygen atoms in total. The van der Waals surface area contributed by atoms with Gasteiger partial charge in [-0.05, 0) is 12.1 Å². The highest BCUT2D eigenvalue weighted by Crippen LogP contribution is 2.28. The summed E-state index contributed by atoms with van der Waals surface area (Å²) in [7, 11) is 1.67. The topological polar surface area (TPSA) is 58.4 Å². The first-order chi connectivity index (χ1) is 12.2. The van der Waals surface area contributed by atoms with Crippen molar-refractivity contribution >= 4 is 27.7 Å². The Bertz CT molecular complexity index is 948. The fraction of sp³-hybridized carbons (Fsp3) is 0.368. The van der Waals surface area contributed by atoms with Crippen molar-refractivity contribution in [2.24, 2.45) is 0 Å². The summed E-state index contributed by atoms with van der Waals surface area (Å²) >= 11 is 0. The summed E-state index contributed by atoms with van der Waals surface area (Å²) in [6.07, 6.45) is 1.99. The van der Waals surface area contributed by atoms with Gasteiger partial charge in [0.2, 0.25) is 12.2 Å². The Labute approximate surface area is 158 Å². The van der Waals surface area contributed by atoms with E-state index >= 15 is 0 Å². The van der Waals surface area contributed by atoms with E-state index in [2.05, 4.69) is 17.1 Å². The second-order valence-electron chi connectivity index (χ2n) is 6.35. The Morgan fingerprint density at radius 2 is 2.04 bits per heavy atom. The number of hydrogen-bond acceptors (Lipinski definition) is 3. The van der Waals surface area contributed by atoms with Crippen LogP contribution in [0.3, 0.4) is 0 Å². The number of fused-ring (bicyclic) bond motifs is 3. The van der Waals surface area contributed by atoms with Crippen LogP contribution in [0.15, 0.2) is 30.5 Å². The van der Waals surface area contributed by atoms with Crippen molar-refractivity contribution in [2.45, 2.75) is 13.5 Å². The third kappa shape index (κ3) is 3.22. The van der Waals surface area contributed by atoms with E-state index in [4.69, 9.17) is 9.47 Å². The number of H-pyrrole nitrogens is 1. The molecule has 26 heavy (non-hydrogen) atoms. The fourth-order valence-corrected chi connectivity index (χ4v) is 3.43. The molecule has 1 aliphatic heterocycles. The van der Waals surface area contributed by atoms with Crippen LogP contribution in [0.2, 0.25) is 0 Å². The van der Waals surface area contributed by atoms with Crippen molar-refractivity contribution in [1.82, 2.24) is 9.88 Å². The van der Waals surface area contributed by atoms with Gasteiger partial charge in [-0.15, -0.1) is 0 Å². The number of morpholine rings is 1. The molecule has 7 heteroatoms. The number of halogens is 1. The van der Waals surface area contributed by atoms with E-state index in [0.717, 1.165) is 33.2 Å². The number of nitrogens with zero attached hydrogens (tertiary/aromatic N) is 2. The van der Waals surface area contributed by atoms with E-state index in [-0.39, 0.29) is 18.3 Å². The summed E-state index contributed by atoms with van der Waals surface area (Å²) in [5.74, 6) is 0.959. The normalized spacial score (nSPS) is 14.5. The highest BCUT2D eigenvalue weighted by molar-refractivity contribution is 6.07. The molecular formula is C19H22ClN3O3. The van der Waals surface area contributed by atoms with Gasteiger partial charge >= 0.3 is 0 Å². The average Bonchev–Trinajstić information content (AvgIpc) is 3.03. The number of carbonyl (C=O) groups is 1. The highest BCUT2D eigenvalue weighted by Gasteiger charge is 2.23. The average molecular weight is 376 g/mol. The zero-order valence-corrected chi connectivity index (χ0v) is 15.7. The Morgan fingerprint density at radius 3 is 2.77 bits per heavy atom. The Kier molecular flexibility index (Phi) is 5.34. The number of pyridine rings is 1. The lowest BCUT2D eigenvalue weighted by molar-refractivity contribution is -0.689. The number of carbonyl (C=O) groups excluding carboxylic acids is 1. The molecule has 0 saturated carbocycles. The molecule has 0 atom stereocenters. The molecule has 138 valence electrons. The van der Waals surface area contributed by atoms with Gasteiger partial charge in [0.15, 0.2) is 6.20 Å². The monoisotopic (exact) mass is 375 g/mol. The SMILES string of the molecule is COc1ccc2c(c1)[nH]c1c(C)[n+](CC(=O)N3CCOCC3)ccc12.[Cl-]. The molecule has 3 heterocycles. The van der Waals surface area contributed by atoms with Gasteiger partial charge in [0, 0.05) is 42.9 Å². The first-order valence-corrected chi connectivity index (χ1v) is 8.51. The number of benzene rings is 1. The van der Waals surface area contributed by atoms with Crippen LogP contribution in [-0.2, 0) is 16.1 Å². The molecule has 1 saturated heterocycles. The van der Waals surface area contributed by atoms with Crippen LogP contribution in [0.4, 0.5) is 0 Å². The molecule has 1 amide bonds. The Hall–Kier alpha value is -2.31. The molecule has 1 aliphatic rings. The van der Waals surface area contributed by atoms with E-state index in [1.165, 1.54) is 0 Å². The van der Waals surface area contributed by atoms with E-state index in [9.17, 15) is 4.79 Å². The van der Waals surface area contributed by atoms with Crippen molar-refractivity contribution in [3.63, 3.8) is 0 Å². The molecule has 1 N–H and O–H groups in total. The number of aromatic nitrogens is 2. The predicted molar refractivity (Wildman–Crippen MR) is 94.7 cm³/mol. The second-order valence-corrected chi connectivity index (χ2v) is 6.35. The molecule has 2 aromatic heterocycles. The molecule has 3 aromatic rings. The van der Waals surface area contributed by atoms with Crippen molar-refractivity contribution in [3.05, 3.63) is 36.2 Å². The number of hydrogen-bond donors (Lipinski definition) is 1. The molecule has 0 aliphatic carbocycles. The Balaban J connectivity index is 0.00000196. The summed E-state index contributed by atoms with van der Waals surface area (Å²) in [5, 5.41) is 2.32. The lowest BCUT2D eigenvalue weighted by Crippen LogP contribution is -3.00. The first kappa shape index (κ1) is 18.5. The lowest BCUT2D eigenvalue weighted by atomic mass is 10.1. The second kappa shape index (κ2) is 7.51.